The zero-order valence-corrected chi connectivity index (χ0v) is 14.2. The average molecular weight is 326 g/mol. The van der Waals surface area contributed by atoms with Crippen molar-refractivity contribution < 1.29 is 9.15 Å². The Hall–Kier alpha value is -2.27. The van der Waals surface area contributed by atoms with Crippen molar-refractivity contribution in [1.82, 2.24) is 10.2 Å². The zero-order chi connectivity index (χ0) is 16.2. The SMILES string of the molecule is COc1ccccc1-c1nnc(SCc2cc(C)cc(C)c2)o1. The summed E-state index contributed by atoms with van der Waals surface area (Å²) in [5.41, 5.74) is 4.59. The summed E-state index contributed by atoms with van der Waals surface area (Å²) in [5.74, 6) is 2.00. The van der Waals surface area contributed by atoms with E-state index in [0.717, 1.165) is 17.1 Å². The lowest BCUT2D eigenvalue weighted by Gasteiger charge is -2.04. The predicted octanol–water partition coefficient (Wildman–Crippen LogP) is 4.65. The molecule has 0 aliphatic heterocycles. The second-order valence-electron chi connectivity index (χ2n) is 5.36. The Morgan fingerprint density at radius 1 is 1.04 bits per heavy atom. The first-order chi connectivity index (χ1) is 11.2. The third kappa shape index (κ3) is 3.74. The van der Waals surface area contributed by atoms with Gasteiger partial charge in [-0.1, -0.05) is 53.2 Å². The summed E-state index contributed by atoms with van der Waals surface area (Å²) in [4.78, 5) is 0. The van der Waals surface area contributed by atoms with Gasteiger partial charge in [-0.3, -0.25) is 0 Å². The summed E-state index contributed by atoms with van der Waals surface area (Å²) < 4.78 is 11.1. The van der Waals surface area contributed by atoms with Crippen LogP contribution in [-0.2, 0) is 5.75 Å². The van der Waals surface area contributed by atoms with Gasteiger partial charge in [-0.25, -0.2) is 0 Å². The summed E-state index contributed by atoms with van der Waals surface area (Å²) >= 11 is 1.54. The first-order valence-electron chi connectivity index (χ1n) is 7.32. The van der Waals surface area contributed by atoms with Crippen LogP contribution in [0.5, 0.6) is 5.75 Å². The van der Waals surface area contributed by atoms with Gasteiger partial charge >= 0.3 is 0 Å². The maximum atomic E-state index is 5.76. The Kier molecular flexibility index (Phi) is 4.67. The molecule has 0 aliphatic rings. The van der Waals surface area contributed by atoms with Crippen LogP contribution in [0.3, 0.4) is 0 Å². The molecule has 4 nitrogen and oxygen atoms in total. The van der Waals surface area contributed by atoms with Crippen molar-refractivity contribution in [2.45, 2.75) is 24.8 Å². The molecule has 0 N–H and O–H groups in total. The van der Waals surface area contributed by atoms with Crippen LogP contribution in [0.15, 0.2) is 52.1 Å². The molecule has 3 rings (SSSR count). The molecule has 0 saturated heterocycles. The van der Waals surface area contributed by atoms with E-state index in [9.17, 15) is 0 Å². The van der Waals surface area contributed by atoms with E-state index in [-0.39, 0.29) is 0 Å². The van der Waals surface area contributed by atoms with E-state index in [2.05, 4.69) is 42.2 Å². The topological polar surface area (TPSA) is 48.2 Å². The lowest BCUT2D eigenvalue weighted by atomic mass is 10.1. The number of thioether (sulfide) groups is 1. The van der Waals surface area contributed by atoms with Gasteiger partial charge in [0.25, 0.3) is 11.1 Å². The van der Waals surface area contributed by atoms with Gasteiger partial charge in [0.15, 0.2) is 0 Å². The van der Waals surface area contributed by atoms with Crippen LogP contribution in [0.4, 0.5) is 0 Å². The van der Waals surface area contributed by atoms with Gasteiger partial charge in [-0.05, 0) is 31.5 Å². The summed E-state index contributed by atoms with van der Waals surface area (Å²) in [7, 11) is 1.63. The summed E-state index contributed by atoms with van der Waals surface area (Å²) in [6.45, 7) is 4.21. The molecule has 0 unspecified atom stereocenters. The van der Waals surface area contributed by atoms with Crippen molar-refractivity contribution in [2.24, 2.45) is 0 Å². The molecular weight excluding hydrogens is 308 g/mol. The number of nitrogens with zero attached hydrogens (tertiary/aromatic N) is 2. The van der Waals surface area contributed by atoms with Crippen molar-refractivity contribution in [3.8, 4) is 17.2 Å². The summed E-state index contributed by atoms with van der Waals surface area (Å²) in [6, 6.07) is 14.1. The molecule has 118 valence electrons. The van der Waals surface area contributed by atoms with Gasteiger partial charge in [-0.15, -0.1) is 10.2 Å². The van der Waals surface area contributed by atoms with Crippen LogP contribution < -0.4 is 4.74 Å². The van der Waals surface area contributed by atoms with Crippen LogP contribution in [0, 0.1) is 13.8 Å². The lowest BCUT2D eigenvalue weighted by Crippen LogP contribution is -1.87. The van der Waals surface area contributed by atoms with Gasteiger partial charge in [0, 0.05) is 5.75 Å². The molecular formula is C18H18N2O2S. The maximum Gasteiger partial charge on any atom is 0.277 e. The minimum atomic E-state index is 0.477. The number of hydrogen-bond donors (Lipinski definition) is 0. The van der Waals surface area contributed by atoms with Gasteiger partial charge in [0.2, 0.25) is 0 Å². The largest absolute Gasteiger partial charge is 0.496 e. The molecule has 2 aromatic carbocycles. The lowest BCUT2D eigenvalue weighted by molar-refractivity contribution is 0.411. The fourth-order valence-electron chi connectivity index (χ4n) is 2.50. The predicted molar refractivity (Wildman–Crippen MR) is 91.8 cm³/mol. The van der Waals surface area contributed by atoms with E-state index in [1.54, 1.807) is 7.11 Å². The van der Waals surface area contributed by atoms with Crippen LogP contribution in [0.1, 0.15) is 16.7 Å². The molecule has 3 aromatic rings. The molecule has 23 heavy (non-hydrogen) atoms. The maximum absolute atomic E-state index is 5.76. The number of hydrogen-bond acceptors (Lipinski definition) is 5. The molecule has 0 amide bonds. The average Bonchev–Trinajstić information content (AvgIpc) is 3.01. The van der Waals surface area contributed by atoms with Crippen molar-refractivity contribution in [3.05, 3.63) is 59.2 Å². The first-order valence-corrected chi connectivity index (χ1v) is 8.31. The minimum absolute atomic E-state index is 0.477. The van der Waals surface area contributed by atoms with E-state index >= 15 is 0 Å². The smallest absolute Gasteiger partial charge is 0.277 e. The Morgan fingerprint density at radius 2 is 1.78 bits per heavy atom. The number of aromatic nitrogens is 2. The molecule has 1 heterocycles. The highest BCUT2D eigenvalue weighted by Gasteiger charge is 2.13. The summed E-state index contributed by atoms with van der Waals surface area (Å²) in [6.07, 6.45) is 0. The monoisotopic (exact) mass is 326 g/mol. The third-order valence-electron chi connectivity index (χ3n) is 3.39. The van der Waals surface area contributed by atoms with E-state index in [0.29, 0.717) is 11.1 Å². The van der Waals surface area contributed by atoms with Crippen molar-refractivity contribution >= 4 is 11.8 Å². The third-order valence-corrected chi connectivity index (χ3v) is 4.28. The quantitative estimate of drug-likeness (QED) is 0.638. The van der Waals surface area contributed by atoms with Crippen molar-refractivity contribution in [1.29, 1.82) is 0 Å². The second-order valence-corrected chi connectivity index (χ2v) is 6.28. The van der Waals surface area contributed by atoms with E-state index in [4.69, 9.17) is 9.15 Å². The Morgan fingerprint density at radius 3 is 2.52 bits per heavy atom. The molecule has 0 saturated carbocycles. The highest BCUT2D eigenvalue weighted by Crippen LogP contribution is 2.31. The molecule has 0 bridgehead atoms. The number of methoxy groups -OCH3 is 1. The second kappa shape index (κ2) is 6.87. The van der Waals surface area contributed by atoms with Crippen molar-refractivity contribution in [2.75, 3.05) is 7.11 Å². The normalized spacial score (nSPS) is 10.7. The highest BCUT2D eigenvalue weighted by molar-refractivity contribution is 7.98. The number of para-hydroxylation sites is 1. The molecule has 0 aliphatic carbocycles. The van der Waals surface area contributed by atoms with Crippen LogP contribution in [0.2, 0.25) is 0 Å². The Balaban J connectivity index is 1.75. The van der Waals surface area contributed by atoms with Gasteiger partial charge in [-0.2, -0.15) is 0 Å². The molecule has 0 fully saturated rings. The van der Waals surface area contributed by atoms with Crippen LogP contribution in [0.25, 0.3) is 11.5 Å². The molecule has 1 aromatic heterocycles. The molecule has 5 heteroatoms. The van der Waals surface area contributed by atoms with E-state index in [1.807, 2.05) is 24.3 Å². The molecule has 0 atom stereocenters. The van der Waals surface area contributed by atoms with Crippen molar-refractivity contribution in [3.63, 3.8) is 0 Å². The standard InChI is InChI=1S/C18H18N2O2S/c1-12-8-13(2)10-14(9-12)11-23-18-20-19-17(22-18)15-6-4-5-7-16(15)21-3/h4-10H,11H2,1-3H3. The Bertz CT molecular complexity index is 794. The highest BCUT2D eigenvalue weighted by atomic mass is 32.2. The van der Waals surface area contributed by atoms with Gasteiger partial charge in [0.05, 0.1) is 12.7 Å². The van der Waals surface area contributed by atoms with Gasteiger partial charge < -0.3 is 9.15 Å². The zero-order valence-electron chi connectivity index (χ0n) is 13.4. The molecule has 0 spiro atoms. The fraction of sp³-hybridized carbons (Fsp3) is 0.222. The number of aryl methyl sites for hydroxylation is 2. The Labute approximate surface area is 139 Å². The summed E-state index contributed by atoms with van der Waals surface area (Å²) in [5, 5.41) is 8.80. The van der Waals surface area contributed by atoms with E-state index in [1.165, 1.54) is 28.5 Å². The molecule has 0 radical (unpaired) electrons. The van der Waals surface area contributed by atoms with Gasteiger partial charge in [0.1, 0.15) is 5.75 Å². The number of ether oxygens (including phenoxy) is 1. The minimum Gasteiger partial charge on any atom is -0.496 e. The first kappa shape index (κ1) is 15.6. The van der Waals surface area contributed by atoms with E-state index < -0.39 is 0 Å². The fourth-order valence-corrected chi connectivity index (χ4v) is 3.19. The number of rotatable bonds is 5. The van der Waals surface area contributed by atoms with Crippen LogP contribution >= 0.6 is 11.8 Å². The van der Waals surface area contributed by atoms with Crippen LogP contribution in [-0.4, -0.2) is 17.3 Å². The number of benzene rings is 2.